The summed E-state index contributed by atoms with van der Waals surface area (Å²) in [6.45, 7) is 5.90. The van der Waals surface area contributed by atoms with Gasteiger partial charge in [-0.25, -0.2) is 0 Å². The Morgan fingerprint density at radius 2 is 1.70 bits per heavy atom. The zero-order chi connectivity index (χ0) is 14.9. The van der Waals surface area contributed by atoms with Gasteiger partial charge in [0.15, 0.2) is 0 Å². The number of hydrogen-bond donors (Lipinski definition) is 1. The van der Waals surface area contributed by atoms with Crippen LogP contribution in [0.3, 0.4) is 0 Å². The Hall–Kier alpha value is -1.32. The molecule has 0 aliphatic rings. The highest BCUT2D eigenvalue weighted by Crippen LogP contribution is 2.28. The number of carbonyl (C=O) groups is 1. The molecule has 2 aromatic carbocycles. The molecule has 0 fully saturated rings. The molecule has 2 nitrogen and oxygen atoms in total. The van der Waals surface area contributed by atoms with Crippen molar-refractivity contribution in [3.63, 3.8) is 0 Å². The number of nitrogens with one attached hydrogen (secondary N) is 1. The predicted octanol–water partition coefficient (Wildman–Crippen LogP) is 5.28. The monoisotopic (exact) mass is 351 g/mol. The SMILES string of the molecule is Cc1cc(Cl)cc(C(=O)Nc2c(C)cc(C)cc2Br)c1. The fourth-order valence-electron chi connectivity index (χ4n) is 2.13. The van der Waals surface area contributed by atoms with Crippen molar-refractivity contribution in [3.8, 4) is 0 Å². The number of anilines is 1. The van der Waals surface area contributed by atoms with Crippen LogP contribution in [0.25, 0.3) is 0 Å². The molecule has 20 heavy (non-hydrogen) atoms. The van der Waals surface area contributed by atoms with Crippen LogP contribution in [0.5, 0.6) is 0 Å². The van der Waals surface area contributed by atoms with Crippen molar-refractivity contribution in [2.24, 2.45) is 0 Å². The lowest BCUT2D eigenvalue weighted by atomic mass is 10.1. The standard InChI is InChI=1S/C16H15BrClNO/c1-9-4-11(3)15(14(17)7-9)19-16(20)12-5-10(2)6-13(18)8-12/h4-8H,1-3H3,(H,19,20). The van der Waals surface area contributed by atoms with Gasteiger partial charge in [0, 0.05) is 15.1 Å². The second-order valence-corrected chi connectivity index (χ2v) is 6.20. The number of carbonyl (C=O) groups excluding carboxylic acids is 1. The Morgan fingerprint density at radius 1 is 1.05 bits per heavy atom. The number of benzene rings is 2. The summed E-state index contributed by atoms with van der Waals surface area (Å²) in [6.07, 6.45) is 0. The Kier molecular flexibility index (Phi) is 4.51. The van der Waals surface area contributed by atoms with Gasteiger partial charge in [-0.3, -0.25) is 4.79 Å². The van der Waals surface area contributed by atoms with Crippen LogP contribution < -0.4 is 5.32 Å². The maximum atomic E-state index is 12.3. The van der Waals surface area contributed by atoms with Crippen molar-refractivity contribution < 1.29 is 4.79 Å². The molecule has 0 heterocycles. The molecule has 2 rings (SSSR count). The molecule has 2 aromatic rings. The predicted molar refractivity (Wildman–Crippen MR) is 87.8 cm³/mol. The highest BCUT2D eigenvalue weighted by molar-refractivity contribution is 9.10. The van der Waals surface area contributed by atoms with Crippen LogP contribution in [0.2, 0.25) is 5.02 Å². The van der Waals surface area contributed by atoms with E-state index in [1.54, 1.807) is 6.07 Å². The minimum Gasteiger partial charge on any atom is -0.321 e. The topological polar surface area (TPSA) is 29.1 Å². The van der Waals surface area contributed by atoms with Crippen molar-refractivity contribution in [2.75, 3.05) is 5.32 Å². The highest BCUT2D eigenvalue weighted by atomic mass is 79.9. The number of aryl methyl sites for hydroxylation is 3. The molecule has 0 aliphatic carbocycles. The van der Waals surface area contributed by atoms with Crippen molar-refractivity contribution in [2.45, 2.75) is 20.8 Å². The number of hydrogen-bond acceptors (Lipinski definition) is 1. The third-order valence-electron chi connectivity index (χ3n) is 2.97. The summed E-state index contributed by atoms with van der Waals surface area (Å²) in [5, 5.41) is 3.50. The maximum Gasteiger partial charge on any atom is 0.255 e. The smallest absolute Gasteiger partial charge is 0.255 e. The molecule has 0 bridgehead atoms. The van der Waals surface area contributed by atoms with E-state index >= 15 is 0 Å². The summed E-state index contributed by atoms with van der Waals surface area (Å²) in [4.78, 5) is 12.3. The number of amides is 1. The molecule has 0 unspecified atom stereocenters. The van der Waals surface area contributed by atoms with Crippen molar-refractivity contribution in [3.05, 3.63) is 62.1 Å². The van der Waals surface area contributed by atoms with Gasteiger partial charge in [-0.2, -0.15) is 0 Å². The molecule has 1 N–H and O–H groups in total. The van der Waals surface area contributed by atoms with E-state index < -0.39 is 0 Å². The Labute approximate surface area is 132 Å². The second-order valence-electron chi connectivity index (χ2n) is 4.91. The van der Waals surface area contributed by atoms with E-state index in [1.807, 2.05) is 45.0 Å². The zero-order valence-electron chi connectivity index (χ0n) is 11.6. The lowest BCUT2D eigenvalue weighted by molar-refractivity contribution is 0.102. The van der Waals surface area contributed by atoms with Gasteiger partial charge in [0.2, 0.25) is 0 Å². The third kappa shape index (κ3) is 3.41. The summed E-state index contributed by atoms with van der Waals surface area (Å²) in [5.74, 6) is -0.164. The minimum atomic E-state index is -0.164. The molecule has 0 aromatic heterocycles. The van der Waals surface area contributed by atoms with Gasteiger partial charge in [-0.15, -0.1) is 0 Å². The van der Waals surface area contributed by atoms with Crippen LogP contribution >= 0.6 is 27.5 Å². The van der Waals surface area contributed by atoms with Gasteiger partial charge in [-0.05, 0) is 77.7 Å². The first-order valence-corrected chi connectivity index (χ1v) is 7.39. The van der Waals surface area contributed by atoms with Gasteiger partial charge >= 0.3 is 0 Å². The fraction of sp³-hybridized carbons (Fsp3) is 0.188. The Bertz CT molecular complexity index is 639. The molecular weight excluding hydrogens is 338 g/mol. The molecule has 1 amide bonds. The van der Waals surface area contributed by atoms with Crippen LogP contribution in [-0.2, 0) is 0 Å². The van der Waals surface area contributed by atoms with E-state index in [-0.39, 0.29) is 5.91 Å². The number of halogens is 2. The molecule has 0 spiro atoms. The van der Waals surface area contributed by atoms with Crippen molar-refractivity contribution in [1.29, 1.82) is 0 Å². The van der Waals surface area contributed by atoms with Crippen molar-refractivity contribution >= 4 is 39.1 Å². The van der Waals surface area contributed by atoms with Gasteiger partial charge in [0.25, 0.3) is 5.91 Å². The lowest BCUT2D eigenvalue weighted by Gasteiger charge is -2.12. The molecule has 0 aliphatic heterocycles. The first-order chi connectivity index (χ1) is 9.36. The van der Waals surface area contributed by atoms with E-state index in [4.69, 9.17) is 11.6 Å². The summed E-state index contributed by atoms with van der Waals surface area (Å²) in [7, 11) is 0. The average Bonchev–Trinajstić information content (AvgIpc) is 2.32. The van der Waals surface area contributed by atoms with Crippen LogP contribution in [0.1, 0.15) is 27.0 Å². The first kappa shape index (κ1) is 15.1. The first-order valence-electron chi connectivity index (χ1n) is 6.22. The van der Waals surface area contributed by atoms with Gasteiger partial charge in [-0.1, -0.05) is 17.7 Å². The number of rotatable bonds is 2. The lowest BCUT2D eigenvalue weighted by Crippen LogP contribution is -2.13. The van der Waals surface area contributed by atoms with E-state index in [0.29, 0.717) is 10.6 Å². The van der Waals surface area contributed by atoms with E-state index in [1.165, 1.54) is 0 Å². The molecule has 0 atom stereocenters. The molecule has 0 radical (unpaired) electrons. The van der Waals surface area contributed by atoms with E-state index in [2.05, 4.69) is 21.2 Å². The average molecular weight is 353 g/mol. The molecule has 0 saturated carbocycles. The molecular formula is C16H15BrClNO. The van der Waals surface area contributed by atoms with Crippen LogP contribution in [0, 0.1) is 20.8 Å². The highest BCUT2D eigenvalue weighted by Gasteiger charge is 2.12. The van der Waals surface area contributed by atoms with Crippen LogP contribution in [0.15, 0.2) is 34.8 Å². The zero-order valence-corrected chi connectivity index (χ0v) is 13.9. The third-order valence-corrected chi connectivity index (χ3v) is 3.82. The minimum absolute atomic E-state index is 0.164. The quantitative estimate of drug-likeness (QED) is 0.782. The summed E-state index contributed by atoms with van der Waals surface area (Å²) < 4.78 is 0.877. The molecule has 4 heteroatoms. The summed E-state index contributed by atoms with van der Waals surface area (Å²) in [5.41, 5.74) is 4.47. The summed E-state index contributed by atoms with van der Waals surface area (Å²) >= 11 is 9.48. The molecule has 104 valence electrons. The van der Waals surface area contributed by atoms with Gasteiger partial charge in [0.1, 0.15) is 0 Å². The Balaban J connectivity index is 2.32. The Morgan fingerprint density at radius 3 is 2.30 bits per heavy atom. The largest absolute Gasteiger partial charge is 0.321 e. The van der Waals surface area contributed by atoms with E-state index in [0.717, 1.165) is 26.9 Å². The van der Waals surface area contributed by atoms with Crippen LogP contribution in [-0.4, -0.2) is 5.91 Å². The van der Waals surface area contributed by atoms with Crippen LogP contribution in [0.4, 0.5) is 5.69 Å². The second kappa shape index (κ2) is 5.98. The fourth-order valence-corrected chi connectivity index (χ4v) is 3.19. The maximum absolute atomic E-state index is 12.3. The van der Waals surface area contributed by atoms with Crippen molar-refractivity contribution in [1.82, 2.24) is 0 Å². The van der Waals surface area contributed by atoms with E-state index in [9.17, 15) is 4.79 Å². The van der Waals surface area contributed by atoms with Gasteiger partial charge < -0.3 is 5.32 Å². The molecule has 0 saturated heterocycles. The summed E-state index contributed by atoms with van der Waals surface area (Å²) in [6, 6.07) is 9.32. The van der Waals surface area contributed by atoms with Gasteiger partial charge in [0.05, 0.1) is 5.69 Å². The normalized spacial score (nSPS) is 10.4.